The molecule has 0 spiro atoms. The molecular formula is C18H21BrN2O2S. The first-order chi connectivity index (χ1) is 11.7. The van der Waals surface area contributed by atoms with Gasteiger partial charge in [0.25, 0.3) is 5.91 Å². The van der Waals surface area contributed by atoms with Crippen molar-refractivity contribution in [3.8, 4) is 5.75 Å². The molecule has 1 aliphatic heterocycles. The van der Waals surface area contributed by atoms with Gasteiger partial charge in [0.1, 0.15) is 5.75 Å². The van der Waals surface area contributed by atoms with Crippen molar-refractivity contribution in [3.63, 3.8) is 0 Å². The molecular weight excluding hydrogens is 388 g/mol. The van der Waals surface area contributed by atoms with Gasteiger partial charge in [-0.3, -0.25) is 9.69 Å². The molecule has 0 aliphatic carbocycles. The molecule has 1 aromatic carbocycles. The van der Waals surface area contributed by atoms with E-state index >= 15 is 0 Å². The number of rotatable bonds is 5. The van der Waals surface area contributed by atoms with Gasteiger partial charge in [0, 0.05) is 43.2 Å². The molecule has 24 heavy (non-hydrogen) atoms. The smallest absolute Gasteiger partial charge is 0.253 e. The second kappa shape index (κ2) is 8.14. The summed E-state index contributed by atoms with van der Waals surface area (Å²) in [6.45, 7) is 6.93. The number of amides is 1. The lowest BCUT2D eigenvalue weighted by Gasteiger charge is -2.34. The maximum absolute atomic E-state index is 12.6. The third kappa shape index (κ3) is 4.37. The molecule has 1 aliphatic rings. The maximum atomic E-state index is 12.6. The van der Waals surface area contributed by atoms with Crippen molar-refractivity contribution in [2.45, 2.75) is 13.5 Å². The fourth-order valence-corrected chi connectivity index (χ4v) is 4.33. The average molecular weight is 409 g/mol. The quantitative estimate of drug-likeness (QED) is 0.752. The van der Waals surface area contributed by atoms with Gasteiger partial charge < -0.3 is 9.64 Å². The lowest BCUT2D eigenvalue weighted by molar-refractivity contribution is 0.0629. The molecule has 0 atom stereocenters. The molecule has 0 radical (unpaired) electrons. The number of hydrogen-bond donors (Lipinski definition) is 0. The summed E-state index contributed by atoms with van der Waals surface area (Å²) < 4.78 is 6.59. The van der Waals surface area contributed by atoms with Crippen molar-refractivity contribution < 1.29 is 9.53 Å². The van der Waals surface area contributed by atoms with Crippen LogP contribution >= 0.6 is 27.3 Å². The number of hydrogen-bond acceptors (Lipinski definition) is 4. The Bertz CT molecular complexity index is 679. The fourth-order valence-electron chi connectivity index (χ4n) is 2.81. The fraction of sp³-hybridized carbons (Fsp3) is 0.389. The van der Waals surface area contributed by atoms with Crippen molar-refractivity contribution in [2.75, 3.05) is 32.8 Å². The Balaban J connectivity index is 1.52. The normalized spacial score (nSPS) is 15.5. The Kier molecular flexibility index (Phi) is 5.92. The number of ether oxygens (including phenoxy) is 1. The van der Waals surface area contributed by atoms with E-state index in [1.54, 1.807) is 11.3 Å². The van der Waals surface area contributed by atoms with Crippen LogP contribution in [0, 0.1) is 0 Å². The largest absolute Gasteiger partial charge is 0.494 e. The van der Waals surface area contributed by atoms with Crippen LogP contribution in [0.15, 0.2) is 40.2 Å². The van der Waals surface area contributed by atoms with Gasteiger partial charge in [-0.05, 0) is 59.3 Å². The SMILES string of the molecule is CCOc1ccc(C(=O)N2CCN(Cc3ccc(Br)s3)CC2)cc1. The minimum Gasteiger partial charge on any atom is -0.494 e. The molecule has 0 bridgehead atoms. The number of carbonyl (C=O) groups is 1. The van der Waals surface area contributed by atoms with E-state index < -0.39 is 0 Å². The highest BCUT2D eigenvalue weighted by molar-refractivity contribution is 9.11. The number of carbonyl (C=O) groups excluding carboxylic acids is 1. The highest BCUT2D eigenvalue weighted by Crippen LogP contribution is 2.24. The van der Waals surface area contributed by atoms with Gasteiger partial charge in [-0.1, -0.05) is 0 Å². The lowest BCUT2D eigenvalue weighted by atomic mass is 10.1. The zero-order chi connectivity index (χ0) is 16.9. The third-order valence-electron chi connectivity index (χ3n) is 4.08. The van der Waals surface area contributed by atoms with E-state index in [1.807, 2.05) is 36.1 Å². The molecule has 3 rings (SSSR count). The molecule has 0 saturated carbocycles. The van der Waals surface area contributed by atoms with Crippen molar-refractivity contribution in [2.24, 2.45) is 0 Å². The van der Waals surface area contributed by atoms with E-state index in [4.69, 9.17) is 4.74 Å². The monoisotopic (exact) mass is 408 g/mol. The van der Waals surface area contributed by atoms with Crippen LogP contribution < -0.4 is 4.74 Å². The molecule has 6 heteroatoms. The standard InChI is InChI=1S/C18H21BrN2O2S/c1-2-23-15-5-3-14(4-6-15)18(22)21-11-9-20(10-12-21)13-16-7-8-17(19)24-16/h3-8H,2,9-13H2,1H3. The minimum absolute atomic E-state index is 0.108. The van der Waals surface area contributed by atoms with Gasteiger partial charge in [-0.25, -0.2) is 0 Å². The number of benzene rings is 1. The van der Waals surface area contributed by atoms with E-state index in [-0.39, 0.29) is 5.91 Å². The molecule has 4 nitrogen and oxygen atoms in total. The first-order valence-electron chi connectivity index (χ1n) is 8.14. The van der Waals surface area contributed by atoms with Gasteiger partial charge in [0.2, 0.25) is 0 Å². The first-order valence-corrected chi connectivity index (χ1v) is 9.75. The Morgan fingerprint density at radius 3 is 2.42 bits per heavy atom. The Hall–Kier alpha value is -1.37. The molecule has 2 aromatic rings. The highest BCUT2D eigenvalue weighted by Gasteiger charge is 2.22. The van der Waals surface area contributed by atoms with Crippen molar-refractivity contribution in [1.82, 2.24) is 9.80 Å². The van der Waals surface area contributed by atoms with Crippen LogP contribution in [0.5, 0.6) is 5.75 Å². The summed E-state index contributed by atoms with van der Waals surface area (Å²) in [7, 11) is 0. The molecule has 1 saturated heterocycles. The summed E-state index contributed by atoms with van der Waals surface area (Å²) in [4.78, 5) is 18.3. The molecule has 0 N–H and O–H groups in total. The van der Waals surface area contributed by atoms with Gasteiger partial charge in [-0.2, -0.15) is 0 Å². The van der Waals surface area contributed by atoms with Crippen molar-refractivity contribution in [3.05, 3.63) is 50.6 Å². The highest BCUT2D eigenvalue weighted by atomic mass is 79.9. The minimum atomic E-state index is 0.108. The van der Waals surface area contributed by atoms with Crippen LogP contribution in [0.4, 0.5) is 0 Å². The van der Waals surface area contributed by atoms with Gasteiger partial charge >= 0.3 is 0 Å². The Morgan fingerprint density at radius 1 is 1.12 bits per heavy atom. The van der Waals surface area contributed by atoms with Crippen LogP contribution in [0.2, 0.25) is 0 Å². The van der Waals surface area contributed by atoms with E-state index in [2.05, 4.69) is 33.0 Å². The second-order valence-electron chi connectivity index (χ2n) is 5.73. The van der Waals surface area contributed by atoms with Gasteiger partial charge in [0.05, 0.1) is 10.4 Å². The molecule has 2 heterocycles. The zero-order valence-electron chi connectivity index (χ0n) is 13.7. The van der Waals surface area contributed by atoms with Gasteiger partial charge in [0.15, 0.2) is 0 Å². The van der Waals surface area contributed by atoms with Crippen LogP contribution in [0.3, 0.4) is 0 Å². The Morgan fingerprint density at radius 2 is 1.83 bits per heavy atom. The number of piperazine rings is 1. The maximum Gasteiger partial charge on any atom is 0.253 e. The van der Waals surface area contributed by atoms with E-state index in [0.717, 1.165) is 44.0 Å². The predicted octanol–water partition coefficient (Wildman–Crippen LogP) is 3.87. The summed E-state index contributed by atoms with van der Waals surface area (Å²) in [6.07, 6.45) is 0. The van der Waals surface area contributed by atoms with Crippen LogP contribution in [-0.2, 0) is 6.54 Å². The topological polar surface area (TPSA) is 32.8 Å². The summed E-state index contributed by atoms with van der Waals surface area (Å²) >= 11 is 5.28. The summed E-state index contributed by atoms with van der Waals surface area (Å²) in [5.41, 5.74) is 0.731. The summed E-state index contributed by atoms with van der Waals surface area (Å²) in [5.74, 6) is 0.914. The van der Waals surface area contributed by atoms with Crippen LogP contribution in [0.1, 0.15) is 22.2 Å². The van der Waals surface area contributed by atoms with Crippen LogP contribution in [-0.4, -0.2) is 48.5 Å². The molecule has 128 valence electrons. The zero-order valence-corrected chi connectivity index (χ0v) is 16.1. The average Bonchev–Trinajstić information content (AvgIpc) is 3.01. The first kappa shape index (κ1) is 17.5. The molecule has 1 amide bonds. The molecule has 1 aromatic heterocycles. The summed E-state index contributed by atoms with van der Waals surface area (Å²) in [5, 5.41) is 0. The molecule has 1 fully saturated rings. The number of halogens is 1. The third-order valence-corrected chi connectivity index (χ3v) is 5.69. The molecule has 0 unspecified atom stereocenters. The van der Waals surface area contributed by atoms with Crippen molar-refractivity contribution >= 4 is 33.2 Å². The summed E-state index contributed by atoms with van der Waals surface area (Å²) in [6, 6.07) is 11.7. The predicted molar refractivity (Wildman–Crippen MR) is 101 cm³/mol. The van der Waals surface area contributed by atoms with E-state index in [0.29, 0.717) is 6.61 Å². The van der Waals surface area contributed by atoms with Gasteiger partial charge in [-0.15, -0.1) is 11.3 Å². The number of nitrogens with zero attached hydrogens (tertiary/aromatic N) is 2. The Labute approximate surface area is 155 Å². The van der Waals surface area contributed by atoms with E-state index in [1.165, 1.54) is 8.66 Å². The lowest BCUT2D eigenvalue weighted by Crippen LogP contribution is -2.48. The van der Waals surface area contributed by atoms with Crippen molar-refractivity contribution in [1.29, 1.82) is 0 Å². The number of thiophene rings is 1. The van der Waals surface area contributed by atoms with Crippen LogP contribution in [0.25, 0.3) is 0 Å². The second-order valence-corrected chi connectivity index (χ2v) is 8.28. The van der Waals surface area contributed by atoms with E-state index in [9.17, 15) is 4.79 Å².